The van der Waals surface area contributed by atoms with E-state index in [4.69, 9.17) is 0 Å². The minimum Gasteiger partial charge on any atom is -0.340 e. The highest BCUT2D eigenvalue weighted by Crippen LogP contribution is 2.17. The fourth-order valence-corrected chi connectivity index (χ4v) is 3.13. The van der Waals surface area contributed by atoms with Crippen LogP contribution in [0.15, 0.2) is 0 Å². The predicted octanol–water partition coefficient (Wildman–Crippen LogP) is 1.12. The van der Waals surface area contributed by atoms with Gasteiger partial charge in [0.2, 0.25) is 5.91 Å². The normalized spacial score (nSPS) is 25.3. The summed E-state index contributed by atoms with van der Waals surface area (Å²) in [6, 6.07) is 0.902. The quantitative estimate of drug-likeness (QED) is 0.772. The highest BCUT2D eigenvalue weighted by atomic mass is 16.2. The smallest absolute Gasteiger partial charge is 0.224 e. The summed E-state index contributed by atoms with van der Waals surface area (Å²) in [6.45, 7) is 6.28. The van der Waals surface area contributed by atoms with E-state index in [9.17, 15) is 4.79 Å². The Hall–Kier alpha value is -0.610. The summed E-state index contributed by atoms with van der Waals surface area (Å²) < 4.78 is 0. The summed E-state index contributed by atoms with van der Waals surface area (Å²) >= 11 is 0. The molecule has 2 heterocycles. The van der Waals surface area contributed by atoms with Crippen molar-refractivity contribution in [2.45, 2.75) is 57.5 Å². The van der Waals surface area contributed by atoms with E-state index in [0.717, 1.165) is 51.9 Å². The van der Waals surface area contributed by atoms with Gasteiger partial charge in [-0.2, -0.15) is 0 Å². The van der Waals surface area contributed by atoms with Gasteiger partial charge >= 0.3 is 0 Å². The first kappa shape index (κ1) is 13.8. The second-order valence-corrected chi connectivity index (χ2v) is 5.57. The zero-order valence-corrected chi connectivity index (χ0v) is 11.6. The number of hydrogen-bond acceptors (Lipinski definition) is 3. The molecule has 1 unspecified atom stereocenters. The van der Waals surface area contributed by atoms with Gasteiger partial charge in [-0.1, -0.05) is 6.92 Å². The Morgan fingerprint density at radius 3 is 2.61 bits per heavy atom. The van der Waals surface area contributed by atoms with E-state index in [-0.39, 0.29) is 0 Å². The van der Waals surface area contributed by atoms with E-state index in [1.54, 1.807) is 0 Å². The van der Waals surface area contributed by atoms with Crippen molar-refractivity contribution < 1.29 is 4.79 Å². The number of nitrogens with zero attached hydrogens (tertiary/aromatic N) is 1. The van der Waals surface area contributed by atoms with E-state index in [1.807, 2.05) is 0 Å². The molecule has 0 bridgehead atoms. The Balaban J connectivity index is 1.87. The van der Waals surface area contributed by atoms with Gasteiger partial charge in [0.25, 0.3) is 0 Å². The van der Waals surface area contributed by atoms with Crippen molar-refractivity contribution >= 4 is 5.91 Å². The molecule has 0 saturated carbocycles. The van der Waals surface area contributed by atoms with Crippen LogP contribution in [0.25, 0.3) is 0 Å². The standard InChI is InChI=1S/C14H27N3O/c1-2-10-17(13-5-8-15-9-6-13)14(18)11-12-4-3-7-16-12/h12-13,15-16H,2-11H2,1H3. The molecule has 0 spiro atoms. The zero-order valence-electron chi connectivity index (χ0n) is 11.6. The van der Waals surface area contributed by atoms with Crippen molar-refractivity contribution in [1.82, 2.24) is 15.5 Å². The molecule has 0 aromatic heterocycles. The summed E-state index contributed by atoms with van der Waals surface area (Å²) in [6.07, 6.45) is 6.38. The Kier molecular flexibility index (Phi) is 5.45. The third kappa shape index (κ3) is 3.69. The topological polar surface area (TPSA) is 44.4 Å². The molecule has 2 fully saturated rings. The van der Waals surface area contributed by atoms with Crippen molar-refractivity contribution in [3.05, 3.63) is 0 Å². The molecule has 0 aliphatic carbocycles. The second kappa shape index (κ2) is 7.10. The van der Waals surface area contributed by atoms with Crippen molar-refractivity contribution in [3.8, 4) is 0 Å². The number of piperidine rings is 1. The van der Waals surface area contributed by atoms with Crippen LogP contribution in [-0.4, -0.2) is 49.1 Å². The van der Waals surface area contributed by atoms with Crippen molar-refractivity contribution in [1.29, 1.82) is 0 Å². The van der Waals surface area contributed by atoms with Crippen LogP contribution < -0.4 is 10.6 Å². The number of carbonyl (C=O) groups is 1. The highest BCUT2D eigenvalue weighted by Gasteiger charge is 2.27. The van der Waals surface area contributed by atoms with Gasteiger partial charge in [0.1, 0.15) is 0 Å². The molecule has 0 aromatic carbocycles. The molecule has 0 radical (unpaired) electrons. The summed E-state index contributed by atoms with van der Waals surface area (Å²) in [5.74, 6) is 0.364. The van der Waals surface area contributed by atoms with Gasteiger partial charge in [-0.25, -0.2) is 0 Å². The van der Waals surface area contributed by atoms with Crippen molar-refractivity contribution in [2.24, 2.45) is 0 Å². The first-order valence-corrected chi connectivity index (χ1v) is 7.55. The average Bonchev–Trinajstić information content (AvgIpc) is 2.89. The van der Waals surface area contributed by atoms with E-state index in [2.05, 4.69) is 22.5 Å². The number of rotatable bonds is 5. The lowest BCUT2D eigenvalue weighted by molar-refractivity contribution is -0.134. The maximum atomic E-state index is 12.5. The summed E-state index contributed by atoms with van der Waals surface area (Å²) in [4.78, 5) is 14.6. The van der Waals surface area contributed by atoms with Gasteiger partial charge in [0.15, 0.2) is 0 Å². The first-order valence-electron chi connectivity index (χ1n) is 7.55. The minimum absolute atomic E-state index is 0.364. The summed E-state index contributed by atoms with van der Waals surface area (Å²) in [5.41, 5.74) is 0. The number of hydrogen-bond donors (Lipinski definition) is 2. The van der Waals surface area contributed by atoms with Gasteiger partial charge in [-0.3, -0.25) is 4.79 Å². The van der Waals surface area contributed by atoms with Gasteiger partial charge in [-0.05, 0) is 51.7 Å². The average molecular weight is 253 g/mol. The van der Waals surface area contributed by atoms with Gasteiger partial charge < -0.3 is 15.5 Å². The van der Waals surface area contributed by atoms with Crippen LogP contribution in [0.4, 0.5) is 0 Å². The van der Waals surface area contributed by atoms with Crippen molar-refractivity contribution in [2.75, 3.05) is 26.2 Å². The maximum Gasteiger partial charge on any atom is 0.224 e. The third-order valence-corrected chi connectivity index (χ3v) is 4.12. The lowest BCUT2D eigenvalue weighted by Gasteiger charge is -2.35. The van der Waals surface area contributed by atoms with Gasteiger partial charge in [0.05, 0.1) is 0 Å². The summed E-state index contributed by atoms with van der Waals surface area (Å²) in [5, 5.41) is 6.80. The Bertz CT molecular complexity index is 258. The van der Waals surface area contributed by atoms with Gasteiger partial charge in [-0.15, -0.1) is 0 Å². The Labute approximate surface area is 110 Å². The molecule has 4 heteroatoms. The molecule has 0 aromatic rings. The van der Waals surface area contributed by atoms with Crippen LogP contribution in [-0.2, 0) is 4.79 Å². The molecule has 2 aliphatic rings. The van der Waals surface area contributed by atoms with E-state index >= 15 is 0 Å². The van der Waals surface area contributed by atoms with Crippen LogP contribution in [0.5, 0.6) is 0 Å². The lowest BCUT2D eigenvalue weighted by atomic mass is 10.0. The molecular formula is C14H27N3O. The largest absolute Gasteiger partial charge is 0.340 e. The molecule has 1 atom stereocenters. The predicted molar refractivity (Wildman–Crippen MR) is 73.5 cm³/mol. The number of nitrogens with one attached hydrogen (secondary N) is 2. The Morgan fingerprint density at radius 1 is 1.22 bits per heavy atom. The highest BCUT2D eigenvalue weighted by molar-refractivity contribution is 5.77. The molecule has 104 valence electrons. The fourth-order valence-electron chi connectivity index (χ4n) is 3.13. The van der Waals surface area contributed by atoms with E-state index in [0.29, 0.717) is 24.4 Å². The fraction of sp³-hybridized carbons (Fsp3) is 0.929. The maximum absolute atomic E-state index is 12.5. The third-order valence-electron chi connectivity index (χ3n) is 4.12. The van der Waals surface area contributed by atoms with Gasteiger partial charge in [0, 0.05) is 25.0 Å². The molecular weight excluding hydrogens is 226 g/mol. The van der Waals surface area contributed by atoms with Crippen LogP contribution in [0.3, 0.4) is 0 Å². The number of amides is 1. The molecule has 2 rings (SSSR count). The van der Waals surface area contributed by atoms with Crippen LogP contribution in [0, 0.1) is 0 Å². The van der Waals surface area contributed by atoms with Crippen LogP contribution >= 0.6 is 0 Å². The monoisotopic (exact) mass is 253 g/mol. The van der Waals surface area contributed by atoms with Crippen LogP contribution in [0.2, 0.25) is 0 Å². The SMILES string of the molecule is CCCN(C(=O)CC1CCCN1)C1CCNCC1. The first-order chi connectivity index (χ1) is 8.81. The second-order valence-electron chi connectivity index (χ2n) is 5.57. The number of carbonyl (C=O) groups excluding carboxylic acids is 1. The molecule has 18 heavy (non-hydrogen) atoms. The zero-order chi connectivity index (χ0) is 12.8. The lowest BCUT2D eigenvalue weighted by Crippen LogP contribution is -2.47. The Morgan fingerprint density at radius 2 is 2.00 bits per heavy atom. The van der Waals surface area contributed by atoms with E-state index < -0.39 is 0 Å². The molecule has 2 saturated heterocycles. The van der Waals surface area contributed by atoms with Crippen LogP contribution in [0.1, 0.15) is 45.4 Å². The van der Waals surface area contributed by atoms with E-state index in [1.165, 1.54) is 6.42 Å². The molecule has 2 aliphatic heterocycles. The molecule has 2 N–H and O–H groups in total. The minimum atomic E-state index is 0.364. The van der Waals surface area contributed by atoms with Crippen molar-refractivity contribution in [3.63, 3.8) is 0 Å². The molecule has 4 nitrogen and oxygen atoms in total. The summed E-state index contributed by atoms with van der Waals surface area (Å²) in [7, 11) is 0. The molecule has 1 amide bonds.